The zero-order valence-electron chi connectivity index (χ0n) is 17.0. The molecule has 26 heavy (non-hydrogen) atoms. The maximum atomic E-state index is 6.15. The van der Waals surface area contributed by atoms with Crippen LogP contribution in [0.1, 0.15) is 47.1 Å². The fourth-order valence-corrected chi connectivity index (χ4v) is 3.76. The van der Waals surface area contributed by atoms with Crippen LogP contribution in [0.3, 0.4) is 0 Å². The lowest BCUT2D eigenvalue weighted by atomic mass is 9.90. The van der Waals surface area contributed by atoms with E-state index < -0.39 is 0 Å². The fourth-order valence-electron chi connectivity index (χ4n) is 3.76. The highest BCUT2D eigenvalue weighted by Gasteiger charge is 2.11. The van der Waals surface area contributed by atoms with Gasteiger partial charge in [-0.1, -0.05) is 77.1 Å². The number of aryl methyl sites for hydroxylation is 1. The summed E-state index contributed by atoms with van der Waals surface area (Å²) in [5.41, 5.74) is 8.38. The molecule has 0 aromatic heterocycles. The molecule has 0 aliphatic heterocycles. The first-order chi connectivity index (χ1) is 12.7. The van der Waals surface area contributed by atoms with E-state index in [4.69, 9.17) is 5.73 Å². The van der Waals surface area contributed by atoms with E-state index in [0.29, 0.717) is 0 Å². The van der Waals surface area contributed by atoms with Gasteiger partial charge in [0.05, 0.1) is 0 Å². The molecule has 0 heterocycles. The highest BCUT2D eigenvalue weighted by Crippen LogP contribution is 2.33. The van der Waals surface area contributed by atoms with Gasteiger partial charge >= 0.3 is 0 Å². The van der Waals surface area contributed by atoms with Crippen LogP contribution in [0.5, 0.6) is 0 Å². The molecule has 0 spiro atoms. The Kier molecular flexibility index (Phi) is 6.63. The van der Waals surface area contributed by atoms with Crippen molar-refractivity contribution in [2.24, 2.45) is 0 Å². The van der Waals surface area contributed by atoms with Crippen molar-refractivity contribution in [3.05, 3.63) is 59.3 Å². The number of benzene rings is 4. The molecule has 0 atom stereocenters. The van der Waals surface area contributed by atoms with Crippen molar-refractivity contribution < 1.29 is 0 Å². The largest absolute Gasteiger partial charge is 0.399 e. The summed E-state index contributed by atoms with van der Waals surface area (Å²) in [6.07, 6.45) is 3.28. The molecule has 0 saturated heterocycles. The summed E-state index contributed by atoms with van der Waals surface area (Å²) < 4.78 is 0. The van der Waals surface area contributed by atoms with Gasteiger partial charge in [-0.05, 0) is 68.6 Å². The van der Waals surface area contributed by atoms with Crippen molar-refractivity contribution in [2.45, 2.75) is 48.0 Å². The number of fused-ring (bicyclic) bond motifs is 2. The molecule has 0 aliphatic carbocycles. The van der Waals surface area contributed by atoms with Crippen molar-refractivity contribution in [3.8, 4) is 0 Å². The number of hydrogen-bond donors (Lipinski definition) is 1. The monoisotopic (exact) mass is 345 g/mol. The van der Waals surface area contributed by atoms with Crippen molar-refractivity contribution >= 4 is 44.1 Å². The van der Waals surface area contributed by atoms with Crippen LogP contribution < -0.4 is 11.0 Å². The van der Waals surface area contributed by atoms with Crippen LogP contribution in [0.15, 0.2) is 48.5 Å². The van der Waals surface area contributed by atoms with Crippen LogP contribution in [0.2, 0.25) is 0 Å². The third-order valence-electron chi connectivity index (χ3n) is 4.67. The Morgan fingerprint density at radius 2 is 1.46 bits per heavy atom. The molecule has 2 N–H and O–H groups in total. The quantitative estimate of drug-likeness (QED) is 0.227. The van der Waals surface area contributed by atoms with Crippen molar-refractivity contribution in [2.75, 3.05) is 5.73 Å². The van der Waals surface area contributed by atoms with Crippen LogP contribution in [0.4, 0.5) is 5.69 Å². The average molecular weight is 346 g/mol. The maximum absolute atomic E-state index is 6.15. The number of hydrogen-bond acceptors (Lipinski definition) is 1. The van der Waals surface area contributed by atoms with E-state index in [0.717, 1.165) is 12.1 Å². The highest BCUT2D eigenvalue weighted by atomic mass is 14.5. The molecule has 0 saturated carbocycles. The summed E-state index contributed by atoms with van der Waals surface area (Å²) in [5.74, 6) is 0. The van der Waals surface area contributed by atoms with E-state index in [-0.39, 0.29) is 0 Å². The topological polar surface area (TPSA) is 26.0 Å². The van der Waals surface area contributed by atoms with E-state index in [9.17, 15) is 0 Å². The van der Waals surface area contributed by atoms with Gasteiger partial charge < -0.3 is 5.73 Å². The van der Waals surface area contributed by atoms with Crippen LogP contribution in [0, 0.1) is 0 Å². The van der Waals surface area contributed by atoms with Crippen LogP contribution in [0.25, 0.3) is 38.4 Å². The molecular formula is C25H31N. The van der Waals surface area contributed by atoms with Gasteiger partial charge in [-0.15, -0.1) is 0 Å². The molecule has 1 heteroatoms. The van der Waals surface area contributed by atoms with E-state index in [1.54, 1.807) is 0 Å². The summed E-state index contributed by atoms with van der Waals surface area (Å²) in [6.45, 7) is 12.4. The highest BCUT2D eigenvalue weighted by molar-refractivity contribution is 6.23. The van der Waals surface area contributed by atoms with Gasteiger partial charge in [0.2, 0.25) is 0 Å². The lowest BCUT2D eigenvalue weighted by Gasteiger charge is -2.14. The lowest BCUT2D eigenvalue weighted by molar-refractivity contribution is 1.16. The Morgan fingerprint density at radius 3 is 2.12 bits per heavy atom. The summed E-state index contributed by atoms with van der Waals surface area (Å²) >= 11 is 0. The van der Waals surface area contributed by atoms with Crippen molar-refractivity contribution in [1.29, 1.82) is 0 Å². The van der Waals surface area contributed by atoms with Gasteiger partial charge in [-0.3, -0.25) is 0 Å². The molecule has 0 aliphatic rings. The Hall–Kier alpha value is -2.54. The summed E-state index contributed by atoms with van der Waals surface area (Å²) in [6, 6.07) is 17.3. The number of anilines is 1. The number of nitrogens with two attached hydrogens (primary N) is 1. The van der Waals surface area contributed by atoms with Gasteiger partial charge in [0, 0.05) is 5.69 Å². The second kappa shape index (κ2) is 8.71. The van der Waals surface area contributed by atoms with E-state index >= 15 is 0 Å². The molecule has 4 aromatic carbocycles. The third kappa shape index (κ3) is 3.14. The molecule has 0 bridgehead atoms. The summed E-state index contributed by atoms with van der Waals surface area (Å²) in [5, 5.41) is 9.16. The summed E-state index contributed by atoms with van der Waals surface area (Å²) in [4.78, 5) is 0. The Morgan fingerprint density at radius 1 is 0.808 bits per heavy atom. The molecular weight excluding hydrogens is 314 g/mol. The molecule has 0 radical (unpaired) electrons. The Bertz CT molecular complexity index is 1070. The average Bonchev–Trinajstić information content (AvgIpc) is 2.71. The molecule has 0 unspecified atom stereocenters. The van der Waals surface area contributed by atoms with Gasteiger partial charge in [-0.2, -0.15) is 0 Å². The first-order valence-electron chi connectivity index (χ1n) is 9.86. The smallest absolute Gasteiger partial charge is 0.0326 e. The second-order valence-electron chi connectivity index (χ2n) is 5.87. The Labute approximate surface area is 157 Å². The number of nitrogen functional groups attached to an aromatic ring is 1. The first-order valence-corrected chi connectivity index (χ1v) is 9.86. The molecule has 0 fully saturated rings. The summed E-state index contributed by atoms with van der Waals surface area (Å²) in [7, 11) is 0. The molecule has 1 nitrogen and oxygen atoms in total. The number of rotatable bonds is 1. The molecule has 136 valence electrons. The van der Waals surface area contributed by atoms with Gasteiger partial charge in [0.1, 0.15) is 0 Å². The predicted octanol–water partition coefficient (Wildman–Crippen LogP) is 6.86. The predicted molar refractivity (Wildman–Crippen MR) is 121 cm³/mol. The maximum Gasteiger partial charge on any atom is 0.0326 e. The van der Waals surface area contributed by atoms with Crippen LogP contribution in [-0.4, -0.2) is 0 Å². The lowest BCUT2D eigenvalue weighted by Crippen LogP contribution is -2.07. The molecule has 0 amide bonds. The van der Waals surface area contributed by atoms with E-state index in [1.165, 1.54) is 43.1 Å². The van der Waals surface area contributed by atoms with E-state index in [2.05, 4.69) is 68.5 Å². The zero-order valence-corrected chi connectivity index (χ0v) is 17.0. The normalized spacial score (nSPS) is 11.2. The minimum Gasteiger partial charge on any atom is -0.399 e. The zero-order chi connectivity index (χ0) is 19.3. The standard InChI is InChI=1S/C21H19N.2C2H6/c1-3-13-7-5-10-18-19-12-15(22)11-14-8-6-9-17(21(14)19)16(4-2)20(13)18;2*1-2/h4-12H,3,22H2,1-2H3;2*1-2H3/b16-4-;;. The molecule has 4 rings (SSSR count). The van der Waals surface area contributed by atoms with Gasteiger partial charge in [-0.25, -0.2) is 0 Å². The minimum atomic E-state index is 0.830. The SMILES string of the molecule is C/C=c1/c2cccc3cc(N)cc(c4cccc(CC)c14)c32.CC.CC. The first kappa shape index (κ1) is 19.8. The minimum absolute atomic E-state index is 0.830. The van der Waals surface area contributed by atoms with Crippen LogP contribution >= 0.6 is 0 Å². The van der Waals surface area contributed by atoms with E-state index in [1.807, 2.05) is 27.7 Å². The Balaban J connectivity index is 0.000000570. The second-order valence-corrected chi connectivity index (χ2v) is 5.87. The third-order valence-corrected chi connectivity index (χ3v) is 4.67. The van der Waals surface area contributed by atoms with Crippen molar-refractivity contribution in [3.63, 3.8) is 0 Å². The fraction of sp³-hybridized carbons (Fsp3) is 0.280. The van der Waals surface area contributed by atoms with Gasteiger partial charge in [0.25, 0.3) is 0 Å². The van der Waals surface area contributed by atoms with Gasteiger partial charge in [0.15, 0.2) is 0 Å². The van der Waals surface area contributed by atoms with Crippen LogP contribution in [-0.2, 0) is 6.42 Å². The van der Waals surface area contributed by atoms with Crippen molar-refractivity contribution in [1.82, 2.24) is 0 Å². The molecule has 4 aromatic rings.